The minimum atomic E-state index is -3.33. The molecule has 3 aromatic rings. The number of halogens is 1. The van der Waals surface area contributed by atoms with E-state index in [1.807, 2.05) is 21.3 Å². The number of fused-ring (bicyclic) bond motifs is 3. The van der Waals surface area contributed by atoms with Crippen molar-refractivity contribution in [3.05, 3.63) is 27.6 Å². The molecule has 10 nitrogen and oxygen atoms in total. The van der Waals surface area contributed by atoms with Gasteiger partial charge in [-0.2, -0.15) is 5.10 Å². The van der Waals surface area contributed by atoms with Gasteiger partial charge < -0.3 is 14.4 Å². The molecule has 3 unspecified atom stereocenters. The van der Waals surface area contributed by atoms with E-state index < -0.39 is 14.6 Å². The van der Waals surface area contributed by atoms with Crippen LogP contribution in [0, 0.1) is 3.70 Å². The molecule has 4 fully saturated rings. The van der Waals surface area contributed by atoms with Crippen LogP contribution in [0.15, 0.2) is 18.3 Å². The van der Waals surface area contributed by atoms with Gasteiger partial charge in [0, 0.05) is 37.7 Å². The summed E-state index contributed by atoms with van der Waals surface area (Å²) in [6.45, 7) is 2.23. The topological polar surface area (TPSA) is 104 Å². The molecule has 1 saturated carbocycles. The van der Waals surface area contributed by atoms with E-state index in [1.54, 1.807) is 6.20 Å². The molecule has 4 aliphatic rings. The molecule has 3 atom stereocenters. The fourth-order valence-electron chi connectivity index (χ4n) is 6.10. The molecular weight excluding hydrogens is 595 g/mol. The quantitative estimate of drug-likeness (QED) is 0.399. The van der Waals surface area contributed by atoms with Gasteiger partial charge in [0.1, 0.15) is 20.7 Å². The predicted octanol–water partition coefficient (Wildman–Crippen LogP) is 3.30. The minimum Gasteiger partial charge on any atom is -0.371 e. The molecule has 2 bridgehead atoms. The second-order valence-electron chi connectivity index (χ2n) is 10.5. The van der Waals surface area contributed by atoms with E-state index in [9.17, 15) is 8.42 Å². The lowest BCUT2D eigenvalue weighted by Gasteiger charge is -2.33. The number of sulfone groups is 1. The zero-order valence-corrected chi connectivity index (χ0v) is 23.1. The number of anilines is 1. The SMILES string of the molecule is CS(=O)(=O)C1(c2cc(N3CC4CCC(C3)O4)nn3c(-c4ccnn4C4CCCCO4)nc(I)c23)CC1. The van der Waals surface area contributed by atoms with Crippen LogP contribution in [0.3, 0.4) is 0 Å². The summed E-state index contributed by atoms with van der Waals surface area (Å²) in [7, 11) is -3.33. The van der Waals surface area contributed by atoms with Gasteiger partial charge in [0.2, 0.25) is 0 Å². The fourth-order valence-corrected chi connectivity index (χ4v) is 8.24. The van der Waals surface area contributed by atoms with Crippen molar-refractivity contribution in [3.8, 4) is 11.5 Å². The normalized spacial score (nSPS) is 27.6. The number of nitrogens with zero attached hydrogens (tertiary/aromatic N) is 6. The van der Waals surface area contributed by atoms with Gasteiger partial charge in [0.05, 0.1) is 17.0 Å². The van der Waals surface area contributed by atoms with Crippen molar-refractivity contribution >= 4 is 43.8 Å². The van der Waals surface area contributed by atoms with Crippen LogP contribution in [-0.2, 0) is 24.1 Å². The number of rotatable bonds is 5. The van der Waals surface area contributed by atoms with Gasteiger partial charge in [-0.3, -0.25) is 0 Å². The first-order valence-electron chi connectivity index (χ1n) is 12.7. The van der Waals surface area contributed by atoms with Gasteiger partial charge in [-0.15, -0.1) is 5.10 Å². The molecule has 1 aliphatic carbocycles. The standard InChI is InChI=1S/C24H29IN6O4S/c1-36(32,33)24(8-9-24)17-12-19(29-13-15-5-6-16(14-29)35-15)28-31-21(17)22(25)27-23(31)18-7-10-26-30(18)20-4-2-3-11-34-20/h7,10,12,15-16,20H,2-6,8-9,11,13-14H2,1H3. The molecule has 3 aliphatic heterocycles. The van der Waals surface area contributed by atoms with Crippen LogP contribution in [0.2, 0.25) is 0 Å². The maximum Gasteiger partial charge on any atom is 0.181 e. The molecule has 192 valence electrons. The maximum atomic E-state index is 13.1. The number of aromatic nitrogens is 5. The molecule has 0 spiro atoms. The van der Waals surface area contributed by atoms with E-state index in [1.165, 1.54) is 6.26 Å². The predicted molar refractivity (Wildman–Crippen MR) is 142 cm³/mol. The molecule has 0 radical (unpaired) electrons. The molecule has 0 aromatic carbocycles. The van der Waals surface area contributed by atoms with Crippen LogP contribution in [-0.4, -0.2) is 71.0 Å². The average Bonchev–Trinajstić information content (AvgIpc) is 3.29. The summed E-state index contributed by atoms with van der Waals surface area (Å²) >= 11 is 2.21. The lowest BCUT2D eigenvalue weighted by Crippen LogP contribution is -2.43. The third kappa shape index (κ3) is 3.62. The fraction of sp³-hybridized carbons (Fsp3) is 0.625. The Kier molecular flexibility index (Phi) is 5.43. The average molecular weight is 625 g/mol. The van der Waals surface area contributed by atoms with Crippen LogP contribution in [0.4, 0.5) is 5.82 Å². The van der Waals surface area contributed by atoms with E-state index >= 15 is 0 Å². The van der Waals surface area contributed by atoms with Gasteiger partial charge >= 0.3 is 0 Å². The lowest BCUT2D eigenvalue weighted by atomic mass is 10.1. The van der Waals surface area contributed by atoms with Crippen LogP contribution < -0.4 is 4.90 Å². The Morgan fingerprint density at radius 3 is 2.58 bits per heavy atom. The Hall–Kier alpha value is -1.77. The Bertz CT molecular complexity index is 1430. The highest BCUT2D eigenvalue weighted by atomic mass is 127. The highest BCUT2D eigenvalue weighted by Gasteiger charge is 2.55. The van der Waals surface area contributed by atoms with E-state index in [-0.39, 0.29) is 18.4 Å². The molecule has 3 aromatic heterocycles. The number of imidazole rings is 1. The summed E-state index contributed by atoms with van der Waals surface area (Å²) in [5.41, 5.74) is 2.39. The molecule has 36 heavy (non-hydrogen) atoms. The van der Waals surface area contributed by atoms with Crippen molar-refractivity contribution in [1.29, 1.82) is 0 Å². The van der Waals surface area contributed by atoms with Gasteiger partial charge in [0.15, 0.2) is 21.9 Å². The Labute approximate surface area is 223 Å². The molecular formula is C24H29IN6O4S. The van der Waals surface area contributed by atoms with Crippen LogP contribution in [0.5, 0.6) is 0 Å². The Balaban J connectivity index is 1.43. The monoisotopic (exact) mass is 624 g/mol. The van der Waals surface area contributed by atoms with E-state index in [2.05, 4.69) is 32.6 Å². The van der Waals surface area contributed by atoms with Crippen molar-refractivity contribution in [3.63, 3.8) is 0 Å². The smallest absolute Gasteiger partial charge is 0.181 e. The van der Waals surface area contributed by atoms with Crippen LogP contribution in [0.25, 0.3) is 17.0 Å². The number of ether oxygens (including phenoxy) is 2. The van der Waals surface area contributed by atoms with Gasteiger partial charge in [-0.05, 0) is 79.7 Å². The van der Waals surface area contributed by atoms with Gasteiger partial charge in [0.25, 0.3) is 0 Å². The summed E-state index contributed by atoms with van der Waals surface area (Å²) in [6.07, 6.45) is 9.75. The first-order chi connectivity index (χ1) is 17.3. The molecule has 3 saturated heterocycles. The van der Waals surface area contributed by atoms with Crippen molar-refractivity contribution in [2.75, 3.05) is 30.9 Å². The van der Waals surface area contributed by atoms with Crippen molar-refractivity contribution in [2.45, 2.75) is 68.1 Å². The van der Waals surface area contributed by atoms with E-state index in [0.29, 0.717) is 25.3 Å². The molecule has 12 heteroatoms. The summed E-state index contributed by atoms with van der Waals surface area (Å²) in [6, 6.07) is 3.94. The van der Waals surface area contributed by atoms with Crippen LogP contribution >= 0.6 is 22.6 Å². The van der Waals surface area contributed by atoms with Gasteiger partial charge in [-0.25, -0.2) is 22.6 Å². The maximum absolute atomic E-state index is 13.1. The van der Waals surface area contributed by atoms with E-state index in [0.717, 1.165) is 71.5 Å². The molecule has 6 heterocycles. The third-order valence-corrected chi connectivity index (χ3v) is 10.9. The third-order valence-electron chi connectivity index (χ3n) is 8.14. The van der Waals surface area contributed by atoms with Crippen molar-refractivity contribution < 1.29 is 17.9 Å². The summed E-state index contributed by atoms with van der Waals surface area (Å²) in [5, 5.41) is 9.67. The molecule has 0 amide bonds. The second kappa shape index (κ2) is 8.37. The van der Waals surface area contributed by atoms with Gasteiger partial charge in [-0.1, -0.05) is 0 Å². The summed E-state index contributed by atoms with van der Waals surface area (Å²) < 4.78 is 41.8. The summed E-state index contributed by atoms with van der Waals surface area (Å²) in [5.74, 6) is 1.44. The first-order valence-corrected chi connectivity index (χ1v) is 15.7. The molecule has 0 N–H and O–H groups in total. The van der Waals surface area contributed by atoms with Crippen molar-refractivity contribution in [1.82, 2.24) is 24.4 Å². The summed E-state index contributed by atoms with van der Waals surface area (Å²) in [4.78, 5) is 7.19. The molecule has 7 rings (SSSR count). The highest BCUT2D eigenvalue weighted by Crippen LogP contribution is 2.54. The van der Waals surface area contributed by atoms with Crippen LogP contribution in [0.1, 0.15) is 56.7 Å². The highest BCUT2D eigenvalue weighted by molar-refractivity contribution is 14.1. The second-order valence-corrected chi connectivity index (χ2v) is 13.9. The Morgan fingerprint density at radius 1 is 1.14 bits per heavy atom. The lowest BCUT2D eigenvalue weighted by molar-refractivity contribution is -0.0384. The number of hydrogen-bond acceptors (Lipinski definition) is 8. The number of hydrogen-bond donors (Lipinski definition) is 0. The zero-order valence-electron chi connectivity index (χ0n) is 20.1. The van der Waals surface area contributed by atoms with E-state index in [4.69, 9.17) is 19.6 Å². The largest absolute Gasteiger partial charge is 0.371 e. The number of morpholine rings is 1. The van der Waals surface area contributed by atoms with Crippen molar-refractivity contribution in [2.24, 2.45) is 0 Å². The zero-order chi connectivity index (χ0) is 24.7. The first kappa shape index (κ1) is 23.4. The minimum absolute atomic E-state index is 0.142. The Morgan fingerprint density at radius 2 is 1.92 bits per heavy atom.